The molecule has 0 bridgehead atoms. The first kappa shape index (κ1) is 20.6. The summed E-state index contributed by atoms with van der Waals surface area (Å²) in [6.45, 7) is 6.95. The Hall–Kier alpha value is -2.08. The molecule has 2 fully saturated rings. The zero-order valence-corrected chi connectivity index (χ0v) is 17.0. The van der Waals surface area contributed by atoms with Crippen molar-refractivity contribution in [1.29, 1.82) is 0 Å². The van der Waals surface area contributed by atoms with Crippen LogP contribution in [-0.2, 0) is 20.9 Å². The fraction of sp³-hybridized carbons (Fsp3) is 0.636. The minimum Gasteiger partial charge on any atom is -0.460 e. The van der Waals surface area contributed by atoms with Gasteiger partial charge in [0.1, 0.15) is 12.2 Å². The van der Waals surface area contributed by atoms with E-state index in [0.717, 1.165) is 18.4 Å². The van der Waals surface area contributed by atoms with E-state index in [-0.39, 0.29) is 30.5 Å². The average Bonchev–Trinajstić information content (AvgIpc) is 2.63. The van der Waals surface area contributed by atoms with E-state index in [1.165, 1.54) is 0 Å². The van der Waals surface area contributed by atoms with Gasteiger partial charge >= 0.3 is 12.1 Å². The summed E-state index contributed by atoms with van der Waals surface area (Å²) in [7, 11) is 0. The molecule has 1 saturated heterocycles. The zero-order valence-electron chi connectivity index (χ0n) is 17.0. The van der Waals surface area contributed by atoms with Crippen molar-refractivity contribution >= 4 is 12.1 Å². The lowest BCUT2D eigenvalue weighted by Crippen LogP contribution is -2.56. The molecule has 28 heavy (non-hydrogen) atoms. The summed E-state index contributed by atoms with van der Waals surface area (Å²) >= 11 is 0. The van der Waals surface area contributed by atoms with Crippen LogP contribution in [-0.4, -0.2) is 46.4 Å². The van der Waals surface area contributed by atoms with Crippen LogP contribution in [0, 0.1) is 11.8 Å². The Balaban J connectivity index is 1.41. The van der Waals surface area contributed by atoms with E-state index in [0.29, 0.717) is 25.9 Å². The van der Waals surface area contributed by atoms with Gasteiger partial charge in [0.05, 0.1) is 11.5 Å². The number of hydrogen-bond acceptors (Lipinski definition) is 5. The quantitative estimate of drug-likeness (QED) is 0.798. The predicted octanol–water partition coefficient (Wildman–Crippen LogP) is 3.52. The number of carbonyl (C=O) groups excluding carboxylic acids is 2. The van der Waals surface area contributed by atoms with Crippen LogP contribution in [0.5, 0.6) is 0 Å². The Morgan fingerprint density at radius 3 is 2.32 bits per heavy atom. The second kappa shape index (κ2) is 8.11. The first-order chi connectivity index (χ1) is 13.2. The molecule has 0 spiro atoms. The number of aliphatic hydroxyl groups is 1. The monoisotopic (exact) mass is 389 g/mol. The molecule has 6 heteroatoms. The van der Waals surface area contributed by atoms with Crippen LogP contribution in [0.25, 0.3) is 0 Å². The van der Waals surface area contributed by atoms with Gasteiger partial charge in [0.2, 0.25) is 0 Å². The maximum absolute atomic E-state index is 12.3. The number of ether oxygens (including phenoxy) is 2. The minimum atomic E-state index is -0.818. The van der Waals surface area contributed by atoms with Crippen molar-refractivity contribution in [3.05, 3.63) is 35.9 Å². The minimum absolute atomic E-state index is 0.101. The van der Waals surface area contributed by atoms with Crippen LogP contribution in [0.2, 0.25) is 0 Å². The van der Waals surface area contributed by atoms with Crippen LogP contribution in [0.1, 0.15) is 52.0 Å². The second-order valence-electron chi connectivity index (χ2n) is 9.04. The smallest absolute Gasteiger partial charge is 0.410 e. The molecule has 6 nitrogen and oxygen atoms in total. The van der Waals surface area contributed by atoms with E-state index in [9.17, 15) is 14.7 Å². The van der Waals surface area contributed by atoms with Crippen molar-refractivity contribution in [1.82, 2.24) is 4.90 Å². The third-order valence-electron chi connectivity index (χ3n) is 5.66. The second-order valence-corrected chi connectivity index (χ2v) is 9.04. The molecule has 154 valence electrons. The molecule has 1 N–H and O–H groups in total. The lowest BCUT2D eigenvalue weighted by molar-refractivity contribution is -0.184. The van der Waals surface area contributed by atoms with Crippen molar-refractivity contribution in [2.45, 2.75) is 64.3 Å². The SMILES string of the molecule is CC(C)(C)OC(=O)C1CC(O)(C2CCN(C(=O)OCc3ccccc3)CC2)C1. The van der Waals surface area contributed by atoms with Gasteiger partial charge in [0.25, 0.3) is 0 Å². The van der Waals surface area contributed by atoms with Crippen molar-refractivity contribution in [2.75, 3.05) is 13.1 Å². The first-order valence-corrected chi connectivity index (χ1v) is 10.1. The Morgan fingerprint density at radius 2 is 1.75 bits per heavy atom. The fourth-order valence-electron chi connectivity index (χ4n) is 4.09. The largest absolute Gasteiger partial charge is 0.460 e. The molecule has 0 aromatic heterocycles. The number of amides is 1. The fourth-order valence-corrected chi connectivity index (χ4v) is 4.09. The lowest BCUT2D eigenvalue weighted by atomic mass is 9.62. The Morgan fingerprint density at radius 1 is 1.14 bits per heavy atom. The molecule has 2 aliphatic rings. The van der Waals surface area contributed by atoms with Gasteiger partial charge in [-0.05, 0) is 57.9 Å². The number of rotatable bonds is 4. The van der Waals surface area contributed by atoms with Crippen LogP contribution in [0.15, 0.2) is 30.3 Å². The number of piperidine rings is 1. The molecule has 0 unspecified atom stereocenters. The van der Waals surface area contributed by atoms with Crippen molar-refractivity contribution in [3.8, 4) is 0 Å². The highest BCUT2D eigenvalue weighted by molar-refractivity contribution is 5.74. The highest BCUT2D eigenvalue weighted by Gasteiger charge is 2.52. The molecule has 3 rings (SSSR count). The summed E-state index contributed by atoms with van der Waals surface area (Å²) in [4.78, 5) is 26.1. The molecule has 1 aromatic carbocycles. The van der Waals surface area contributed by atoms with Gasteiger partial charge in [0.15, 0.2) is 0 Å². The number of benzene rings is 1. The highest BCUT2D eigenvalue weighted by Crippen LogP contribution is 2.47. The molecule has 1 heterocycles. The van der Waals surface area contributed by atoms with Crippen LogP contribution in [0.4, 0.5) is 4.79 Å². The summed E-state index contributed by atoms with van der Waals surface area (Å²) in [5.41, 5.74) is -0.361. The van der Waals surface area contributed by atoms with Crippen LogP contribution >= 0.6 is 0 Å². The number of nitrogens with zero attached hydrogens (tertiary/aromatic N) is 1. The number of esters is 1. The third kappa shape index (κ3) is 5.04. The molecular formula is C22H31NO5. The number of carbonyl (C=O) groups is 2. The third-order valence-corrected chi connectivity index (χ3v) is 5.66. The zero-order chi connectivity index (χ0) is 20.4. The molecule has 1 aromatic rings. The van der Waals surface area contributed by atoms with Crippen molar-refractivity contribution in [3.63, 3.8) is 0 Å². The summed E-state index contributed by atoms with van der Waals surface area (Å²) in [5, 5.41) is 10.9. The molecule has 0 atom stereocenters. The van der Waals surface area contributed by atoms with Gasteiger partial charge in [-0.25, -0.2) is 4.79 Å². The van der Waals surface area contributed by atoms with Gasteiger partial charge in [0, 0.05) is 13.1 Å². The van der Waals surface area contributed by atoms with E-state index in [2.05, 4.69) is 0 Å². The van der Waals surface area contributed by atoms with Gasteiger partial charge in [-0.2, -0.15) is 0 Å². The summed E-state index contributed by atoms with van der Waals surface area (Å²) in [5.74, 6) is -0.346. The Kier molecular flexibility index (Phi) is 5.98. The number of hydrogen-bond donors (Lipinski definition) is 1. The van der Waals surface area contributed by atoms with E-state index in [4.69, 9.17) is 9.47 Å². The topological polar surface area (TPSA) is 76.1 Å². The average molecular weight is 389 g/mol. The molecule has 0 radical (unpaired) electrons. The van der Waals surface area contributed by atoms with E-state index in [1.54, 1.807) is 4.90 Å². The van der Waals surface area contributed by atoms with Gasteiger partial charge in [-0.1, -0.05) is 30.3 Å². The summed E-state index contributed by atoms with van der Waals surface area (Å²) in [6, 6.07) is 9.60. The normalized spacial score (nSPS) is 25.7. The molecule has 1 aliphatic heterocycles. The Labute approximate surface area is 166 Å². The van der Waals surface area contributed by atoms with Gasteiger partial charge < -0.3 is 19.5 Å². The standard InChI is InChI=1S/C22H31NO5/c1-21(2,3)28-19(24)17-13-22(26,14-17)18-9-11-23(12-10-18)20(25)27-15-16-7-5-4-6-8-16/h4-8,17-18,26H,9-15H2,1-3H3. The summed E-state index contributed by atoms with van der Waals surface area (Å²) in [6.07, 6.45) is 2.03. The molecule has 1 saturated carbocycles. The van der Waals surface area contributed by atoms with Crippen LogP contribution < -0.4 is 0 Å². The molecular weight excluding hydrogens is 358 g/mol. The van der Waals surface area contributed by atoms with Crippen LogP contribution in [0.3, 0.4) is 0 Å². The lowest BCUT2D eigenvalue weighted by Gasteiger charge is -2.50. The molecule has 1 amide bonds. The van der Waals surface area contributed by atoms with E-state index < -0.39 is 11.2 Å². The van der Waals surface area contributed by atoms with Gasteiger partial charge in [-0.15, -0.1) is 0 Å². The Bertz CT molecular complexity index is 683. The number of likely N-dealkylation sites (tertiary alicyclic amines) is 1. The maximum Gasteiger partial charge on any atom is 0.410 e. The maximum atomic E-state index is 12.3. The van der Waals surface area contributed by atoms with E-state index in [1.807, 2.05) is 51.1 Å². The van der Waals surface area contributed by atoms with E-state index >= 15 is 0 Å². The van der Waals surface area contributed by atoms with Crippen molar-refractivity contribution < 1.29 is 24.2 Å². The molecule has 1 aliphatic carbocycles. The summed E-state index contributed by atoms with van der Waals surface area (Å²) < 4.78 is 10.8. The van der Waals surface area contributed by atoms with Gasteiger partial charge in [-0.3, -0.25) is 4.79 Å². The predicted molar refractivity (Wildman–Crippen MR) is 104 cm³/mol. The first-order valence-electron chi connectivity index (χ1n) is 10.1. The van der Waals surface area contributed by atoms with Crippen molar-refractivity contribution in [2.24, 2.45) is 11.8 Å². The highest BCUT2D eigenvalue weighted by atomic mass is 16.6.